The molecule has 1 rings (SSSR count). The zero-order valence-corrected chi connectivity index (χ0v) is 11.2. The lowest BCUT2D eigenvalue weighted by Gasteiger charge is -2.14. The number of nitrogens with zero attached hydrogens (tertiary/aromatic N) is 1. The normalized spacial score (nSPS) is 12.0. The van der Waals surface area contributed by atoms with E-state index in [1.807, 2.05) is 13.8 Å². The number of thioether (sulfide) groups is 1. The quantitative estimate of drug-likeness (QED) is 0.666. The number of halogens is 3. The summed E-state index contributed by atoms with van der Waals surface area (Å²) in [5.41, 5.74) is -3.74. The number of pyridine rings is 1. The van der Waals surface area contributed by atoms with E-state index in [0.717, 1.165) is 0 Å². The maximum atomic E-state index is 12.3. The lowest BCUT2D eigenvalue weighted by atomic mass is 10.1. The van der Waals surface area contributed by atoms with E-state index in [1.54, 1.807) is 0 Å². The van der Waals surface area contributed by atoms with Gasteiger partial charge >= 0.3 is 5.51 Å². The molecule has 0 spiro atoms. The summed E-state index contributed by atoms with van der Waals surface area (Å²) < 4.78 is 41.8. The van der Waals surface area contributed by atoms with Gasteiger partial charge in [0.15, 0.2) is 0 Å². The second-order valence-electron chi connectivity index (χ2n) is 3.60. The Morgan fingerprint density at radius 1 is 1.41 bits per heavy atom. The largest absolute Gasteiger partial charge is 0.480 e. The number of ether oxygens (including phenoxy) is 1. The molecule has 0 aliphatic rings. The molecule has 96 valence electrons. The topological polar surface area (TPSA) is 22.1 Å². The van der Waals surface area contributed by atoms with Gasteiger partial charge in [-0.05, 0) is 23.7 Å². The first-order valence-electron chi connectivity index (χ1n) is 4.78. The number of methoxy groups -OCH3 is 1. The Hall–Kier alpha value is -0.560. The Morgan fingerprint density at radius 3 is 2.41 bits per heavy atom. The fourth-order valence-electron chi connectivity index (χ4n) is 1.25. The highest BCUT2D eigenvalue weighted by atomic mass is 32.2. The highest BCUT2D eigenvalue weighted by Crippen LogP contribution is 2.42. The van der Waals surface area contributed by atoms with Crippen LogP contribution in [0, 0.1) is 0 Å². The summed E-state index contributed by atoms with van der Waals surface area (Å²) in [4.78, 5) is 4.42. The Morgan fingerprint density at radius 2 is 2.00 bits per heavy atom. The van der Waals surface area contributed by atoms with Gasteiger partial charge in [0.05, 0.1) is 17.7 Å². The lowest BCUT2D eigenvalue weighted by molar-refractivity contribution is -0.0329. The van der Waals surface area contributed by atoms with Crippen LogP contribution in [0.4, 0.5) is 13.2 Å². The van der Waals surface area contributed by atoms with Gasteiger partial charge < -0.3 is 4.74 Å². The molecular formula is C10H12F3NOS2. The van der Waals surface area contributed by atoms with Crippen molar-refractivity contribution in [3.63, 3.8) is 0 Å². The summed E-state index contributed by atoms with van der Waals surface area (Å²) >= 11 is 3.89. The minimum Gasteiger partial charge on any atom is -0.480 e. The summed E-state index contributed by atoms with van der Waals surface area (Å²) in [5.74, 6) is 0.0511. The predicted octanol–water partition coefficient (Wildman–Crippen LogP) is 4.11. The average Bonchev–Trinajstić information content (AvgIpc) is 2.14. The summed E-state index contributed by atoms with van der Waals surface area (Å²) in [7, 11) is 1.30. The van der Waals surface area contributed by atoms with Crippen molar-refractivity contribution in [2.45, 2.75) is 35.1 Å². The first-order chi connectivity index (χ1) is 7.74. The molecule has 0 aliphatic heterocycles. The maximum absolute atomic E-state index is 12.3. The molecular weight excluding hydrogens is 271 g/mol. The number of thiol groups is 1. The van der Waals surface area contributed by atoms with E-state index in [1.165, 1.54) is 13.2 Å². The third-order valence-corrected chi connectivity index (χ3v) is 3.03. The van der Waals surface area contributed by atoms with E-state index < -0.39 is 5.51 Å². The van der Waals surface area contributed by atoms with Crippen LogP contribution in [0.3, 0.4) is 0 Å². The fraction of sp³-hybridized carbons (Fsp3) is 0.500. The van der Waals surface area contributed by atoms with Crippen LogP contribution in [0.15, 0.2) is 15.9 Å². The molecule has 0 saturated heterocycles. The predicted molar refractivity (Wildman–Crippen MR) is 64.0 cm³/mol. The molecule has 0 aromatic carbocycles. The maximum Gasteiger partial charge on any atom is 0.446 e. The van der Waals surface area contributed by atoms with Gasteiger partial charge in [-0.2, -0.15) is 13.2 Å². The van der Waals surface area contributed by atoms with Gasteiger partial charge in [0, 0.05) is 4.90 Å². The molecule has 0 radical (unpaired) electrons. The summed E-state index contributed by atoms with van der Waals surface area (Å²) in [6, 6.07) is 1.34. The number of alkyl halides is 3. The van der Waals surface area contributed by atoms with Gasteiger partial charge in [-0.1, -0.05) is 13.8 Å². The fourth-order valence-corrected chi connectivity index (χ4v) is 2.42. The van der Waals surface area contributed by atoms with Crippen molar-refractivity contribution < 1.29 is 17.9 Å². The van der Waals surface area contributed by atoms with E-state index in [-0.39, 0.29) is 28.5 Å². The summed E-state index contributed by atoms with van der Waals surface area (Å²) in [6.45, 7) is 3.77. The van der Waals surface area contributed by atoms with Gasteiger partial charge in [0.1, 0.15) is 0 Å². The Kier molecular flexibility index (Phi) is 4.60. The van der Waals surface area contributed by atoms with Crippen molar-refractivity contribution in [1.29, 1.82) is 0 Å². The van der Waals surface area contributed by atoms with Crippen LogP contribution in [0.2, 0.25) is 0 Å². The minimum absolute atomic E-state index is 0.0196. The first-order valence-corrected chi connectivity index (χ1v) is 6.04. The van der Waals surface area contributed by atoms with Gasteiger partial charge in [-0.25, -0.2) is 4.98 Å². The van der Waals surface area contributed by atoms with Gasteiger partial charge in [0.25, 0.3) is 0 Å². The molecule has 0 amide bonds. The number of rotatable bonds is 3. The van der Waals surface area contributed by atoms with E-state index in [9.17, 15) is 13.2 Å². The summed E-state index contributed by atoms with van der Waals surface area (Å²) in [5, 5.41) is 0. The van der Waals surface area contributed by atoms with Crippen molar-refractivity contribution in [3.05, 3.63) is 11.8 Å². The SMILES string of the molecule is COc1nc(C(C)C)c(S)cc1SC(F)(F)F. The smallest absolute Gasteiger partial charge is 0.446 e. The van der Waals surface area contributed by atoms with Crippen molar-refractivity contribution in [2.75, 3.05) is 7.11 Å². The van der Waals surface area contributed by atoms with Crippen LogP contribution in [0.5, 0.6) is 5.88 Å². The molecule has 1 aromatic heterocycles. The highest BCUT2D eigenvalue weighted by molar-refractivity contribution is 8.00. The van der Waals surface area contributed by atoms with Crippen LogP contribution in [-0.2, 0) is 0 Å². The third kappa shape index (κ3) is 3.99. The molecule has 0 atom stereocenters. The molecule has 0 unspecified atom stereocenters. The minimum atomic E-state index is -4.37. The molecule has 7 heteroatoms. The summed E-state index contributed by atoms with van der Waals surface area (Å²) in [6.07, 6.45) is 0. The molecule has 2 nitrogen and oxygen atoms in total. The molecule has 0 aliphatic carbocycles. The van der Waals surface area contributed by atoms with Crippen molar-refractivity contribution >= 4 is 24.4 Å². The van der Waals surface area contributed by atoms with Crippen LogP contribution in [-0.4, -0.2) is 17.6 Å². The van der Waals surface area contributed by atoms with Gasteiger partial charge in [-0.3, -0.25) is 0 Å². The van der Waals surface area contributed by atoms with Gasteiger partial charge in [0.2, 0.25) is 5.88 Å². The number of hydrogen-bond donors (Lipinski definition) is 1. The van der Waals surface area contributed by atoms with Crippen LogP contribution < -0.4 is 4.74 Å². The van der Waals surface area contributed by atoms with E-state index in [2.05, 4.69) is 17.6 Å². The second kappa shape index (κ2) is 5.39. The average molecular weight is 283 g/mol. The van der Waals surface area contributed by atoms with E-state index in [4.69, 9.17) is 4.74 Å². The molecule has 1 heterocycles. The zero-order chi connectivity index (χ0) is 13.2. The third-order valence-electron chi connectivity index (χ3n) is 1.93. The Bertz CT molecular complexity index is 407. The standard InChI is InChI=1S/C10H12F3NOS2/c1-5(2)8-6(16)4-7(9(14-8)15-3)17-10(11,12)13/h4-5,16H,1-3H3. The molecule has 17 heavy (non-hydrogen) atoms. The lowest BCUT2D eigenvalue weighted by Crippen LogP contribution is -2.04. The number of aromatic nitrogens is 1. The van der Waals surface area contributed by atoms with E-state index >= 15 is 0 Å². The number of hydrogen-bond acceptors (Lipinski definition) is 4. The Balaban J connectivity index is 3.19. The molecule has 0 fully saturated rings. The highest BCUT2D eigenvalue weighted by Gasteiger charge is 2.31. The molecule has 0 bridgehead atoms. The van der Waals surface area contributed by atoms with Crippen molar-refractivity contribution in [2.24, 2.45) is 0 Å². The molecule has 1 aromatic rings. The monoisotopic (exact) mass is 283 g/mol. The van der Waals surface area contributed by atoms with Crippen molar-refractivity contribution in [3.8, 4) is 5.88 Å². The molecule has 0 saturated carbocycles. The zero-order valence-electron chi connectivity index (χ0n) is 9.50. The first kappa shape index (κ1) is 14.5. The molecule has 0 N–H and O–H groups in total. The van der Waals surface area contributed by atoms with Crippen molar-refractivity contribution in [1.82, 2.24) is 4.98 Å². The van der Waals surface area contributed by atoms with Crippen LogP contribution in [0.25, 0.3) is 0 Å². The Labute approximate surface area is 107 Å². The van der Waals surface area contributed by atoms with Crippen LogP contribution in [0.1, 0.15) is 25.5 Å². The second-order valence-corrected chi connectivity index (χ2v) is 5.19. The van der Waals surface area contributed by atoms with E-state index in [0.29, 0.717) is 10.6 Å². The van der Waals surface area contributed by atoms with Crippen LogP contribution >= 0.6 is 24.4 Å². The van der Waals surface area contributed by atoms with Gasteiger partial charge in [-0.15, -0.1) is 12.6 Å².